The maximum atomic E-state index is 13.0. The molecule has 0 saturated carbocycles. The number of nitrogens with two attached hydrogens (primary N) is 1. The first-order valence-electron chi connectivity index (χ1n) is 6.75. The van der Waals surface area contributed by atoms with Crippen molar-refractivity contribution in [2.45, 2.75) is 32.5 Å². The molecule has 2 atom stereocenters. The Morgan fingerprint density at radius 2 is 2.10 bits per heavy atom. The largest absolute Gasteiger partial charge is 0.368 e. The summed E-state index contributed by atoms with van der Waals surface area (Å²) in [5, 5.41) is 7.36. The van der Waals surface area contributed by atoms with Crippen LogP contribution < -0.4 is 11.1 Å². The molecule has 0 radical (unpaired) electrons. The van der Waals surface area contributed by atoms with Gasteiger partial charge in [0.2, 0.25) is 5.91 Å². The third kappa shape index (κ3) is 4.13. The van der Waals surface area contributed by atoms with E-state index in [0.29, 0.717) is 12.1 Å². The fourth-order valence-corrected chi connectivity index (χ4v) is 2.18. The van der Waals surface area contributed by atoms with Gasteiger partial charge in [-0.2, -0.15) is 5.10 Å². The summed E-state index contributed by atoms with van der Waals surface area (Å²) in [6.45, 7) is 4.52. The van der Waals surface area contributed by atoms with Crippen LogP contribution in [-0.4, -0.2) is 21.7 Å². The zero-order chi connectivity index (χ0) is 15.4. The summed E-state index contributed by atoms with van der Waals surface area (Å²) in [5.41, 5.74) is 7.16. The SMILES string of the molecule is Cc1cnn(C[C@@H](C)N[C@@H](C(N)=O)c2ccc(F)cc2)c1. The molecular formula is C15H19FN4O. The molecule has 0 fully saturated rings. The van der Waals surface area contributed by atoms with E-state index in [0.717, 1.165) is 5.56 Å². The Hall–Kier alpha value is -2.21. The molecule has 0 spiro atoms. The van der Waals surface area contributed by atoms with E-state index in [-0.39, 0.29) is 11.9 Å². The van der Waals surface area contributed by atoms with E-state index in [1.807, 2.05) is 20.0 Å². The highest BCUT2D eigenvalue weighted by molar-refractivity contribution is 5.81. The van der Waals surface area contributed by atoms with Crippen molar-refractivity contribution in [1.29, 1.82) is 0 Å². The number of carbonyl (C=O) groups excluding carboxylic acids is 1. The van der Waals surface area contributed by atoms with Gasteiger partial charge in [0.15, 0.2) is 0 Å². The van der Waals surface area contributed by atoms with Crippen molar-refractivity contribution < 1.29 is 9.18 Å². The number of nitrogens with zero attached hydrogens (tertiary/aromatic N) is 2. The van der Waals surface area contributed by atoms with E-state index in [2.05, 4.69) is 10.4 Å². The normalized spacial score (nSPS) is 13.9. The minimum absolute atomic E-state index is 0.0214. The maximum Gasteiger partial charge on any atom is 0.239 e. The van der Waals surface area contributed by atoms with Crippen molar-refractivity contribution in [2.75, 3.05) is 0 Å². The Morgan fingerprint density at radius 1 is 1.43 bits per heavy atom. The molecule has 0 aliphatic rings. The molecule has 1 aromatic heterocycles. The van der Waals surface area contributed by atoms with Crippen molar-refractivity contribution in [3.8, 4) is 0 Å². The highest BCUT2D eigenvalue weighted by atomic mass is 19.1. The average Bonchev–Trinajstić information content (AvgIpc) is 2.82. The molecule has 5 nitrogen and oxygen atoms in total. The minimum Gasteiger partial charge on any atom is -0.368 e. The van der Waals surface area contributed by atoms with E-state index >= 15 is 0 Å². The highest BCUT2D eigenvalue weighted by Crippen LogP contribution is 2.14. The lowest BCUT2D eigenvalue weighted by Gasteiger charge is -2.21. The third-order valence-electron chi connectivity index (χ3n) is 3.16. The summed E-state index contributed by atoms with van der Waals surface area (Å²) in [6.07, 6.45) is 3.70. The van der Waals surface area contributed by atoms with Crippen molar-refractivity contribution in [2.24, 2.45) is 5.73 Å². The molecule has 1 heterocycles. The van der Waals surface area contributed by atoms with Gasteiger partial charge in [-0.25, -0.2) is 4.39 Å². The van der Waals surface area contributed by atoms with Crippen LogP contribution in [0.5, 0.6) is 0 Å². The van der Waals surface area contributed by atoms with Crippen LogP contribution in [0.25, 0.3) is 0 Å². The lowest BCUT2D eigenvalue weighted by molar-refractivity contribution is -0.120. The molecule has 112 valence electrons. The van der Waals surface area contributed by atoms with E-state index in [1.165, 1.54) is 12.1 Å². The van der Waals surface area contributed by atoms with Gasteiger partial charge in [0, 0.05) is 12.2 Å². The zero-order valence-corrected chi connectivity index (χ0v) is 12.1. The molecular weight excluding hydrogens is 271 g/mol. The fraction of sp³-hybridized carbons (Fsp3) is 0.333. The van der Waals surface area contributed by atoms with Crippen LogP contribution in [0.1, 0.15) is 24.1 Å². The van der Waals surface area contributed by atoms with Gasteiger partial charge in [-0.3, -0.25) is 14.8 Å². The molecule has 2 aromatic rings. The standard InChI is InChI=1S/C15H19FN4O/c1-10-7-18-20(8-10)9-11(2)19-14(15(17)21)12-3-5-13(16)6-4-12/h3-8,11,14,19H,9H2,1-2H3,(H2,17,21)/t11-,14-/m1/s1. The predicted octanol–water partition coefficient (Wildman–Crippen LogP) is 1.54. The number of aromatic nitrogens is 2. The van der Waals surface area contributed by atoms with Crippen molar-refractivity contribution in [3.63, 3.8) is 0 Å². The summed E-state index contributed by atoms with van der Waals surface area (Å²) in [4.78, 5) is 11.6. The van der Waals surface area contributed by atoms with Crippen LogP contribution in [0.4, 0.5) is 4.39 Å². The van der Waals surface area contributed by atoms with Gasteiger partial charge in [0.1, 0.15) is 11.9 Å². The van der Waals surface area contributed by atoms with Crippen molar-refractivity contribution in [3.05, 3.63) is 53.6 Å². The van der Waals surface area contributed by atoms with Gasteiger partial charge < -0.3 is 5.73 Å². The number of amides is 1. The molecule has 0 unspecified atom stereocenters. The monoisotopic (exact) mass is 290 g/mol. The second-order valence-corrected chi connectivity index (χ2v) is 5.19. The number of rotatable bonds is 6. The molecule has 1 amide bonds. The van der Waals surface area contributed by atoms with Gasteiger partial charge in [0.05, 0.1) is 12.7 Å². The van der Waals surface area contributed by atoms with Gasteiger partial charge in [0.25, 0.3) is 0 Å². The smallest absolute Gasteiger partial charge is 0.239 e. The molecule has 21 heavy (non-hydrogen) atoms. The Bertz CT molecular complexity index is 608. The number of hydrogen-bond acceptors (Lipinski definition) is 3. The molecule has 0 bridgehead atoms. The molecule has 1 aromatic carbocycles. The summed E-state index contributed by atoms with van der Waals surface area (Å²) >= 11 is 0. The lowest BCUT2D eigenvalue weighted by Crippen LogP contribution is -2.40. The van der Waals surface area contributed by atoms with Crippen LogP contribution in [0.15, 0.2) is 36.7 Å². The fourth-order valence-electron chi connectivity index (χ4n) is 2.18. The van der Waals surface area contributed by atoms with Gasteiger partial charge >= 0.3 is 0 Å². The number of benzene rings is 1. The summed E-state index contributed by atoms with van der Waals surface area (Å²) < 4.78 is 14.8. The molecule has 2 rings (SSSR count). The highest BCUT2D eigenvalue weighted by Gasteiger charge is 2.20. The van der Waals surface area contributed by atoms with Crippen LogP contribution >= 0.6 is 0 Å². The summed E-state index contributed by atoms with van der Waals surface area (Å²) in [7, 11) is 0. The van der Waals surface area contributed by atoms with Crippen LogP contribution in [0.2, 0.25) is 0 Å². The molecule has 6 heteroatoms. The Balaban J connectivity index is 2.05. The first-order valence-corrected chi connectivity index (χ1v) is 6.75. The zero-order valence-electron chi connectivity index (χ0n) is 12.1. The number of carbonyl (C=O) groups is 1. The number of nitrogens with one attached hydrogen (secondary N) is 1. The summed E-state index contributed by atoms with van der Waals surface area (Å²) in [5.74, 6) is -0.841. The topological polar surface area (TPSA) is 72.9 Å². The van der Waals surface area contributed by atoms with Crippen LogP contribution in [0, 0.1) is 12.7 Å². The second kappa shape index (κ2) is 6.49. The van der Waals surface area contributed by atoms with Crippen LogP contribution in [-0.2, 0) is 11.3 Å². The number of primary amides is 1. The number of hydrogen-bond donors (Lipinski definition) is 2. The number of aryl methyl sites for hydroxylation is 1. The van der Waals surface area contributed by atoms with Crippen molar-refractivity contribution in [1.82, 2.24) is 15.1 Å². The molecule has 0 aliphatic heterocycles. The molecule has 0 aliphatic carbocycles. The Morgan fingerprint density at radius 3 is 2.62 bits per heavy atom. The van der Waals surface area contributed by atoms with Crippen LogP contribution in [0.3, 0.4) is 0 Å². The summed E-state index contributed by atoms with van der Waals surface area (Å²) in [6, 6.07) is 5.07. The lowest BCUT2D eigenvalue weighted by atomic mass is 10.1. The second-order valence-electron chi connectivity index (χ2n) is 5.19. The van der Waals surface area contributed by atoms with Crippen molar-refractivity contribution >= 4 is 5.91 Å². The predicted molar refractivity (Wildman–Crippen MR) is 77.9 cm³/mol. The first kappa shape index (κ1) is 15.2. The Labute approximate surface area is 123 Å². The van der Waals surface area contributed by atoms with E-state index in [4.69, 9.17) is 5.73 Å². The van der Waals surface area contributed by atoms with E-state index < -0.39 is 11.9 Å². The number of halogens is 1. The minimum atomic E-state index is -0.655. The molecule has 3 N–H and O–H groups in total. The first-order chi connectivity index (χ1) is 9.95. The quantitative estimate of drug-likeness (QED) is 0.847. The van der Waals surface area contributed by atoms with E-state index in [9.17, 15) is 9.18 Å². The maximum absolute atomic E-state index is 13.0. The molecule has 0 saturated heterocycles. The Kier molecular flexibility index (Phi) is 4.70. The van der Waals surface area contributed by atoms with Gasteiger partial charge in [-0.05, 0) is 37.1 Å². The van der Waals surface area contributed by atoms with Gasteiger partial charge in [-0.15, -0.1) is 0 Å². The average molecular weight is 290 g/mol. The van der Waals surface area contributed by atoms with Gasteiger partial charge in [-0.1, -0.05) is 12.1 Å². The van der Waals surface area contributed by atoms with E-state index in [1.54, 1.807) is 23.0 Å². The third-order valence-corrected chi connectivity index (χ3v) is 3.16.